The fourth-order valence-electron chi connectivity index (χ4n) is 3.09. The Labute approximate surface area is 150 Å². The molecular weight excluding hydrogens is 344 g/mol. The molecule has 0 N–H and O–H groups in total. The van der Waals surface area contributed by atoms with E-state index in [4.69, 9.17) is 4.42 Å². The lowest BCUT2D eigenvalue weighted by molar-refractivity contribution is -0.132. The molecule has 2 saturated heterocycles. The lowest BCUT2D eigenvalue weighted by Crippen LogP contribution is -2.50. The lowest BCUT2D eigenvalue weighted by Gasteiger charge is -2.34. The molecule has 5 nitrogen and oxygen atoms in total. The molecule has 3 rings (SSSR count). The van der Waals surface area contributed by atoms with E-state index in [1.807, 2.05) is 26.5 Å². The summed E-state index contributed by atoms with van der Waals surface area (Å²) in [7, 11) is 3.98. The molecule has 0 bridgehead atoms. The highest BCUT2D eigenvalue weighted by atomic mass is 33.1. The minimum Gasteiger partial charge on any atom is -0.459 e. The third-order valence-corrected chi connectivity index (χ3v) is 7.55. The maximum absolute atomic E-state index is 12.3. The number of carbonyl (C=O) groups excluding carboxylic acids is 2. The molecule has 0 aromatic carbocycles. The summed E-state index contributed by atoms with van der Waals surface area (Å²) in [5, 5.41) is 0.793. The van der Waals surface area contributed by atoms with Gasteiger partial charge in [0.25, 0.3) is 5.91 Å². The minimum absolute atomic E-state index is 0.0842. The van der Waals surface area contributed by atoms with Crippen molar-refractivity contribution in [1.82, 2.24) is 9.80 Å². The average molecular weight is 369 g/mol. The first kappa shape index (κ1) is 17.7. The van der Waals surface area contributed by atoms with Crippen molar-refractivity contribution >= 4 is 33.4 Å². The number of furan rings is 1. The van der Waals surface area contributed by atoms with Crippen LogP contribution in [0.3, 0.4) is 0 Å². The third kappa shape index (κ3) is 4.72. The Hall–Kier alpha value is -1.08. The highest BCUT2D eigenvalue weighted by Gasteiger charge is 2.25. The molecule has 2 fully saturated rings. The van der Waals surface area contributed by atoms with E-state index in [1.165, 1.54) is 24.9 Å². The van der Waals surface area contributed by atoms with E-state index in [0.717, 1.165) is 18.1 Å². The van der Waals surface area contributed by atoms with Crippen molar-refractivity contribution in [3.8, 4) is 0 Å². The van der Waals surface area contributed by atoms with Gasteiger partial charge in [-0.25, -0.2) is 0 Å². The lowest BCUT2D eigenvalue weighted by atomic mass is 10.1. The molecule has 0 radical (unpaired) electrons. The zero-order chi connectivity index (χ0) is 16.8. The van der Waals surface area contributed by atoms with E-state index in [-0.39, 0.29) is 11.8 Å². The standard InChI is InChI=1S/C17H24N2O3S2/c20-16(6-2-1-4-14-7-13-23-24-14)18-8-10-19(11-9-18)17(21)15-5-3-12-22-15/h3,5,12,14H,1-2,4,6-11,13H2/t14-/m0/s1. The van der Waals surface area contributed by atoms with E-state index < -0.39 is 0 Å². The molecule has 132 valence electrons. The third-order valence-electron chi connectivity index (χ3n) is 4.55. The largest absolute Gasteiger partial charge is 0.459 e. The van der Waals surface area contributed by atoms with Gasteiger partial charge in [-0.2, -0.15) is 0 Å². The molecule has 1 atom stereocenters. The summed E-state index contributed by atoms with van der Waals surface area (Å²) in [6.07, 6.45) is 6.81. The summed E-state index contributed by atoms with van der Waals surface area (Å²) in [4.78, 5) is 28.1. The van der Waals surface area contributed by atoms with Crippen molar-refractivity contribution in [2.24, 2.45) is 0 Å². The van der Waals surface area contributed by atoms with E-state index in [0.29, 0.717) is 38.4 Å². The van der Waals surface area contributed by atoms with E-state index in [1.54, 1.807) is 17.0 Å². The van der Waals surface area contributed by atoms with Gasteiger partial charge in [0.15, 0.2) is 5.76 Å². The van der Waals surface area contributed by atoms with Gasteiger partial charge in [0.1, 0.15) is 0 Å². The maximum Gasteiger partial charge on any atom is 0.289 e. The summed E-state index contributed by atoms with van der Waals surface area (Å²) >= 11 is 0. The molecule has 2 amide bonds. The van der Waals surface area contributed by atoms with Crippen LogP contribution in [0, 0.1) is 0 Å². The van der Waals surface area contributed by atoms with Crippen LogP contribution >= 0.6 is 21.6 Å². The zero-order valence-corrected chi connectivity index (χ0v) is 15.4. The van der Waals surface area contributed by atoms with Gasteiger partial charge in [0.05, 0.1) is 6.26 Å². The SMILES string of the molecule is O=C(CCCC[C@H]1CCSS1)N1CCN(C(=O)c2ccco2)CC1. The number of nitrogens with zero attached hydrogens (tertiary/aromatic N) is 2. The number of unbranched alkanes of at least 4 members (excludes halogenated alkanes) is 1. The molecule has 1 aromatic rings. The average Bonchev–Trinajstić information content (AvgIpc) is 3.31. The maximum atomic E-state index is 12.3. The first-order chi connectivity index (χ1) is 11.7. The van der Waals surface area contributed by atoms with Crippen LogP contribution < -0.4 is 0 Å². The van der Waals surface area contributed by atoms with Gasteiger partial charge in [-0.1, -0.05) is 28.0 Å². The molecule has 2 aliphatic heterocycles. The smallest absolute Gasteiger partial charge is 0.289 e. The topological polar surface area (TPSA) is 53.8 Å². The normalized spacial score (nSPS) is 21.2. The predicted octanol–water partition coefficient (Wildman–Crippen LogP) is 3.28. The Morgan fingerprint density at radius 1 is 1.17 bits per heavy atom. The quantitative estimate of drug-likeness (QED) is 0.570. The van der Waals surface area contributed by atoms with Crippen LogP contribution in [-0.4, -0.2) is 58.8 Å². The number of amides is 2. The second kappa shape index (κ2) is 8.85. The molecule has 0 aliphatic carbocycles. The van der Waals surface area contributed by atoms with Gasteiger partial charge in [0.2, 0.25) is 5.91 Å². The van der Waals surface area contributed by atoms with Gasteiger partial charge in [-0.05, 0) is 31.4 Å². The monoisotopic (exact) mass is 368 g/mol. The van der Waals surface area contributed by atoms with Crippen LogP contribution in [0.15, 0.2) is 22.8 Å². The Balaban J connectivity index is 1.33. The van der Waals surface area contributed by atoms with Crippen molar-refractivity contribution < 1.29 is 14.0 Å². The number of piperazine rings is 1. The minimum atomic E-state index is -0.0842. The van der Waals surface area contributed by atoms with Gasteiger partial charge >= 0.3 is 0 Å². The molecule has 0 unspecified atom stereocenters. The first-order valence-corrected chi connectivity index (χ1v) is 11.0. The second-order valence-corrected chi connectivity index (χ2v) is 9.01. The zero-order valence-electron chi connectivity index (χ0n) is 13.8. The molecule has 3 heterocycles. The van der Waals surface area contributed by atoms with Crippen molar-refractivity contribution in [2.45, 2.75) is 37.4 Å². The van der Waals surface area contributed by atoms with Crippen LogP contribution in [-0.2, 0) is 4.79 Å². The Morgan fingerprint density at radius 2 is 1.96 bits per heavy atom. The van der Waals surface area contributed by atoms with Crippen LogP contribution in [0.1, 0.15) is 42.7 Å². The molecule has 0 saturated carbocycles. The van der Waals surface area contributed by atoms with Crippen molar-refractivity contribution in [1.29, 1.82) is 0 Å². The summed E-state index contributed by atoms with van der Waals surface area (Å²) in [6, 6.07) is 3.40. The van der Waals surface area contributed by atoms with Crippen LogP contribution in [0.4, 0.5) is 0 Å². The molecule has 0 spiro atoms. The van der Waals surface area contributed by atoms with E-state index in [9.17, 15) is 9.59 Å². The Morgan fingerprint density at radius 3 is 2.62 bits per heavy atom. The Bertz CT molecular complexity index is 536. The van der Waals surface area contributed by atoms with Crippen LogP contribution in [0.2, 0.25) is 0 Å². The van der Waals surface area contributed by atoms with Gasteiger partial charge in [-0.3, -0.25) is 9.59 Å². The predicted molar refractivity (Wildman–Crippen MR) is 98.1 cm³/mol. The fourth-order valence-corrected chi connectivity index (χ4v) is 6.11. The summed E-state index contributed by atoms with van der Waals surface area (Å²) < 4.78 is 5.16. The highest BCUT2D eigenvalue weighted by Crippen LogP contribution is 2.39. The Kier molecular flexibility index (Phi) is 6.54. The van der Waals surface area contributed by atoms with Gasteiger partial charge in [-0.15, -0.1) is 0 Å². The fraction of sp³-hybridized carbons (Fsp3) is 0.647. The second-order valence-electron chi connectivity index (χ2n) is 6.22. The number of carbonyl (C=O) groups is 2. The van der Waals surface area contributed by atoms with E-state index in [2.05, 4.69) is 0 Å². The van der Waals surface area contributed by atoms with Crippen molar-refractivity contribution in [3.05, 3.63) is 24.2 Å². The number of rotatable bonds is 6. The van der Waals surface area contributed by atoms with Crippen molar-refractivity contribution in [3.63, 3.8) is 0 Å². The summed E-state index contributed by atoms with van der Waals surface area (Å²) in [6.45, 7) is 2.42. The number of hydrogen-bond acceptors (Lipinski definition) is 5. The molecular formula is C17H24N2O3S2. The van der Waals surface area contributed by atoms with Crippen LogP contribution in [0.25, 0.3) is 0 Å². The summed E-state index contributed by atoms with van der Waals surface area (Å²) in [5.74, 6) is 1.79. The van der Waals surface area contributed by atoms with Crippen molar-refractivity contribution in [2.75, 3.05) is 31.9 Å². The molecule has 2 aliphatic rings. The molecule has 7 heteroatoms. The van der Waals surface area contributed by atoms with E-state index >= 15 is 0 Å². The summed E-state index contributed by atoms with van der Waals surface area (Å²) in [5.41, 5.74) is 0. The first-order valence-electron chi connectivity index (χ1n) is 8.63. The molecule has 24 heavy (non-hydrogen) atoms. The molecule has 1 aromatic heterocycles. The van der Waals surface area contributed by atoms with Gasteiger partial charge < -0.3 is 14.2 Å². The van der Waals surface area contributed by atoms with Gasteiger partial charge in [0, 0.05) is 43.6 Å². The van der Waals surface area contributed by atoms with Crippen LogP contribution in [0.5, 0.6) is 0 Å². The highest BCUT2D eigenvalue weighted by molar-refractivity contribution is 8.77. The number of hydrogen-bond donors (Lipinski definition) is 0.